The summed E-state index contributed by atoms with van der Waals surface area (Å²) in [7, 11) is 2.00. The van der Waals surface area contributed by atoms with E-state index in [0.29, 0.717) is 5.02 Å². The highest BCUT2D eigenvalue weighted by molar-refractivity contribution is 7.09. The number of thiazole rings is 1. The van der Waals surface area contributed by atoms with Crippen LogP contribution < -0.4 is 4.90 Å². The van der Waals surface area contributed by atoms with Crippen molar-refractivity contribution >= 4 is 28.6 Å². The van der Waals surface area contributed by atoms with Gasteiger partial charge in [0.2, 0.25) is 0 Å². The van der Waals surface area contributed by atoms with Crippen LogP contribution in [0.15, 0.2) is 23.7 Å². The number of hydrogen-bond donors (Lipinski definition) is 1. The Morgan fingerprint density at radius 3 is 2.78 bits per heavy atom. The van der Waals surface area contributed by atoms with Crippen LogP contribution in [-0.4, -0.2) is 17.1 Å². The van der Waals surface area contributed by atoms with Gasteiger partial charge < -0.3 is 10.0 Å². The summed E-state index contributed by atoms with van der Waals surface area (Å²) in [6.45, 7) is 2.81. The predicted molar refractivity (Wildman–Crippen MR) is 76.3 cm³/mol. The minimum absolute atomic E-state index is 0.0116. The van der Waals surface area contributed by atoms with Crippen molar-refractivity contribution in [3.63, 3.8) is 0 Å². The number of halogens is 1. The maximum absolute atomic E-state index is 9.06. The van der Waals surface area contributed by atoms with Gasteiger partial charge in [-0.2, -0.15) is 0 Å². The van der Waals surface area contributed by atoms with E-state index in [1.807, 2.05) is 31.6 Å². The number of aliphatic hydroxyl groups is 1. The third kappa shape index (κ3) is 2.83. The number of benzene rings is 1. The van der Waals surface area contributed by atoms with Gasteiger partial charge in [-0.05, 0) is 24.6 Å². The number of aromatic nitrogens is 1. The zero-order valence-corrected chi connectivity index (χ0v) is 11.9. The van der Waals surface area contributed by atoms with E-state index in [9.17, 15) is 0 Å². The Labute approximate surface area is 116 Å². The molecule has 0 amide bonds. The lowest BCUT2D eigenvalue weighted by atomic mass is 10.2. The molecule has 0 fully saturated rings. The Kier molecular flexibility index (Phi) is 4.22. The lowest BCUT2D eigenvalue weighted by molar-refractivity contribution is 0.282. The van der Waals surface area contributed by atoms with Crippen molar-refractivity contribution in [3.05, 3.63) is 44.9 Å². The van der Waals surface area contributed by atoms with E-state index < -0.39 is 0 Å². The van der Waals surface area contributed by atoms with Gasteiger partial charge in [-0.25, -0.2) is 4.98 Å². The first-order chi connectivity index (χ1) is 8.61. The molecule has 0 bridgehead atoms. The zero-order valence-electron chi connectivity index (χ0n) is 10.4. The summed E-state index contributed by atoms with van der Waals surface area (Å²) < 4.78 is 0. The molecule has 0 aliphatic rings. The molecule has 1 N–H and O–H groups in total. The summed E-state index contributed by atoms with van der Waals surface area (Å²) in [4.78, 5) is 7.56. The molecule has 2 aromatic rings. The van der Waals surface area contributed by atoms with Gasteiger partial charge in [0.25, 0.3) is 0 Å². The maximum Gasteiger partial charge on any atom is 0.0798 e. The summed E-state index contributed by atoms with van der Waals surface area (Å²) in [5.41, 5.74) is 4.71. The van der Waals surface area contributed by atoms with Crippen molar-refractivity contribution in [1.82, 2.24) is 4.98 Å². The number of rotatable bonds is 4. The number of aryl methyl sites for hydroxylation is 1. The maximum atomic E-state index is 9.06. The van der Waals surface area contributed by atoms with Gasteiger partial charge in [0.15, 0.2) is 0 Å². The Morgan fingerprint density at radius 1 is 1.44 bits per heavy atom. The topological polar surface area (TPSA) is 36.4 Å². The van der Waals surface area contributed by atoms with Gasteiger partial charge in [-0.3, -0.25) is 0 Å². The molecule has 96 valence electrons. The zero-order chi connectivity index (χ0) is 13.1. The number of aliphatic hydroxyl groups excluding tert-OH is 1. The third-order valence-electron chi connectivity index (χ3n) is 2.83. The van der Waals surface area contributed by atoms with E-state index in [1.165, 1.54) is 4.88 Å². The molecule has 0 unspecified atom stereocenters. The first kappa shape index (κ1) is 13.3. The number of hydrogen-bond acceptors (Lipinski definition) is 4. The van der Waals surface area contributed by atoms with Gasteiger partial charge in [0.1, 0.15) is 0 Å². The lowest BCUT2D eigenvalue weighted by Gasteiger charge is -2.20. The molecule has 3 nitrogen and oxygen atoms in total. The number of anilines is 1. The summed E-state index contributed by atoms with van der Waals surface area (Å²) in [6.07, 6.45) is 0. The van der Waals surface area contributed by atoms with Crippen molar-refractivity contribution in [2.24, 2.45) is 0 Å². The minimum atomic E-state index is 0.0116. The largest absolute Gasteiger partial charge is 0.392 e. The lowest BCUT2D eigenvalue weighted by Crippen LogP contribution is -2.16. The molecule has 2 rings (SSSR count). The fraction of sp³-hybridized carbons (Fsp3) is 0.308. The third-order valence-corrected chi connectivity index (χ3v) is 4.05. The Morgan fingerprint density at radius 2 is 2.22 bits per heavy atom. The predicted octanol–water partition coefficient (Wildman–Crippen LogP) is 3.23. The van der Waals surface area contributed by atoms with Crippen LogP contribution in [0.25, 0.3) is 0 Å². The molecule has 0 saturated carbocycles. The summed E-state index contributed by atoms with van der Waals surface area (Å²) in [5, 5.41) is 9.72. The van der Waals surface area contributed by atoms with E-state index in [1.54, 1.807) is 17.4 Å². The average Bonchev–Trinajstić information content (AvgIpc) is 2.74. The molecular weight excluding hydrogens is 268 g/mol. The standard InChI is InChI=1S/C13H15ClN2OS/c1-9-13(18-8-15-9)6-16(2)12-4-3-10(7-17)5-11(12)14/h3-5,8,17H,6-7H2,1-2H3. The molecule has 18 heavy (non-hydrogen) atoms. The van der Waals surface area contributed by atoms with Gasteiger partial charge in [0.05, 0.1) is 35.1 Å². The summed E-state index contributed by atoms with van der Waals surface area (Å²) in [6, 6.07) is 5.62. The first-order valence-corrected chi connectivity index (χ1v) is 6.87. The van der Waals surface area contributed by atoms with E-state index >= 15 is 0 Å². The van der Waals surface area contributed by atoms with Crippen LogP contribution in [0.4, 0.5) is 5.69 Å². The Hall–Kier alpha value is -1.10. The molecule has 0 atom stereocenters. The minimum Gasteiger partial charge on any atom is -0.392 e. The first-order valence-electron chi connectivity index (χ1n) is 5.61. The van der Waals surface area contributed by atoms with Crippen LogP contribution in [0.5, 0.6) is 0 Å². The van der Waals surface area contributed by atoms with Crippen LogP contribution in [0.3, 0.4) is 0 Å². The number of nitrogens with zero attached hydrogens (tertiary/aromatic N) is 2. The molecule has 1 aromatic heterocycles. The van der Waals surface area contributed by atoms with Crippen LogP contribution in [0, 0.1) is 6.92 Å². The van der Waals surface area contributed by atoms with Gasteiger partial charge in [0, 0.05) is 11.9 Å². The van der Waals surface area contributed by atoms with Crippen molar-refractivity contribution in [2.45, 2.75) is 20.1 Å². The molecule has 1 heterocycles. The molecule has 0 aliphatic heterocycles. The smallest absolute Gasteiger partial charge is 0.0798 e. The fourth-order valence-electron chi connectivity index (χ4n) is 1.74. The van der Waals surface area contributed by atoms with Crippen molar-refractivity contribution in [1.29, 1.82) is 0 Å². The van der Waals surface area contributed by atoms with Crippen molar-refractivity contribution < 1.29 is 5.11 Å². The van der Waals surface area contributed by atoms with Crippen molar-refractivity contribution in [3.8, 4) is 0 Å². The second-order valence-electron chi connectivity index (χ2n) is 4.16. The van der Waals surface area contributed by atoms with Crippen LogP contribution >= 0.6 is 22.9 Å². The second kappa shape index (κ2) is 5.69. The Balaban J connectivity index is 2.19. The fourth-order valence-corrected chi connectivity index (χ4v) is 2.91. The van der Waals surface area contributed by atoms with E-state index in [2.05, 4.69) is 9.88 Å². The van der Waals surface area contributed by atoms with Crippen LogP contribution in [0.2, 0.25) is 5.02 Å². The highest BCUT2D eigenvalue weighted by atomic mass is 35.5. The average molecular weight is 283 g/mol. The SMILES string of the molecule is Cc1ncsc1CN(C)c1ccc(CO)cc1Cl. The van der Waals surface area contributed by atoms with Crippen LogP contribution in [-0.2, 0) is 13.2 Å². The van der Waals surface area contributed by atoms with Crippen molar-refractivity contribution in [2.75, 3.05) is 11.9 Å². The molecule has 0 radical (unpaired) electrons. The molecule has 1 aromatic carbocycles. The second-order valence-corrected chi connectivity index (χ2v) is 5.51. The molecule has 0 saturated heterocycles. The van der Waals surface area contributed by atoms with Crippen LogP contribution in [0.1, 0.15) is 16.1 Å². The quantitative estimate of drug-likeness (QED) is 0.935. The molecule has 0 spiro atoms. The summed E-state index contributed by atoms with van der Waals surface area (Å²) in [5.74, 6) is 0. The highest BCUT2D eigenvalue weighted by Crippen LogP contribution is 2.28. The van der Waals surface area contributed by atoms with Gasteiger partial charge in [-0.15, -0.1) is 11.3 Å². The molecular formula is C13H15ClN2OS. The van der Waals surface area contributed by atoms with E-state index in [4.69, 9.17) is 16.7 Å². The van der Waals surface area contributed by atoms with Gasteiger partial charge in [-0.1, -0.05) is 17.7 Å². The van der Waals surface area contributed by atoms with E-state index in [0.717, 1.165) is 23.5 Å². The monoisotopic (exact) mass is 282 g/mol. The summed E-state index contributed by atoms with van der Waals surface area (Å²) >= 11 is 7.87. The molecule has 0 aliphatic carbocycles. The van der Waals surface area contributed by atoms with Gasteiger partial charge >= 0.3 is 0 Å². The van der Waals surface area contributed by atoms with E-state index in [-0.39, 0.29) is 6.61 Å². The molecule has 5 heteroatoms. The normalized spacial score (nSPS) is 10.7. The highest BCUT2D eigenvalue weighted by Gasteiger charge is 2.10. The Bertz CT molecular complexity index is 542.